The van der Waals surface area contributed by atoms with Gasteiger partial charge in [-0.25, -0.2) is 13.9 Å². The van der Waals surface area contributed by atoms with Crippen LogP contribution in [0.15, 0.2) is 27.8 Å². The second-order valence-electron chi connectivity index (χ2n) is 8.72. The first kappa shape index (κ1) is 21.8. The van der Waals surface area contributed by atoms with Crippen molar-refractivity contribution in [2.75, 3.05) is 0 Å². The van der Waals surface area contributed by atoms with Crippen molar-refractivity contribution in [1.29, 1.82) is 0 Å². The van der Waals surface area contributed by atoms with E-state index in [1.165, 1.54) is 8.97 Å². The summed E-state index contributed by atoms with van der Waals surface area (Å²) in [5.74, 6) is -0.437. The maximum Gasteiger partial charge on any atom is 0.352 e. The Bertz CT molecular complexity index is 1330. The van der Waals surface area contributed by atoms with E-state index in [0.29, 0.717) is 16.5 Å². The molecule has 2 amide bonds. The van der Waals surface area contributed by atoms with Gasteiger partial charge in [0.05, 0.1) is 10.9 Å². The molecule has 0 spiro atoms. The number of fused-ring (bicyclic) bond motifs is 3. The summed E-state index contributed by atoms with van der Waals surface area (Å²) in [5, 5.41) is 10.3. The third-order valence-corrected chi connectivity index (χ3v) is 5.63. The molecule has 1 aliphatic carbocycles. The fourth-order valence-electron chi connectivity index (χ4n) is 3.70. The average Bonchev–Trinajstić information content (AvgIpc) is 3.51. The Labute approximate surface area is 184 Å². The van der Waals surface area contributed by atoms with E-state index in [4.69, 9.17) is 0 Å². The van der Waals surface area contributed by atoms with Gasteiger partial charge in [-0.1, -0.05) is 6.92 Å². The van der Waals surface area contributed by atoms with E-state index in [0.717, 1.165) is 23.9 Å². The zero-order valence-electron chi connectivity index (χ0n) is 18.7. The number of nitrogens with zero attached hydrogens (tertiary/aromatic N) is 4. The number of hydrogen-bond acceptors (Lipinski definition) is 5. The number of amides is 2. The summed E-state index contributed by atoms with van der Waals surface area (Å²) in [6.07, 6.45) is 2.43. The Morgan fingerprint density at radius 2 is 1.88 bits per heavy atom. The lowest BCUT2D eigenvalue weighted by Crippen LogP contribution is -2.36. The predicted molar refractivity (Wildman–Crippen MR) is 120 cm³/mol. The summed E-state index contributed by atoms with van der Waals surface area (Å²) in [7, 11) is 0. The van der Waals surface area contributed by atoms with Crippen LogP contribution >= 0.6 is 0 Å². The Kier molecular flexibility index (Phi) is 5.62. The highest BCUT2D eigenvalue weighted by Gasteiger charge is 2.30. The molecule has 1 saturated carbocycles. The smallest absolute Gasteiger partial charge is 0.352 e. The second-order valence-corrected chi connectivity index (χ2v) is 8.72. The minimum atomic E-state index is -0.530. The summed E-state index contributed by atoms with van der Waals surface area (Å²) in [5.41, 5.74) is -0.135. The van der Waals surface area contributed by atoms with Crippen LogP contribution in [0.5, 0.6) is 0 Å². The van der Waals surface area contributed by atoms with Gasteiger partial charge >= 0.3 is 5.69 Å². The first-order valence-electron chi connectivity index (χ1n) is 11.0. The summed E-state index contributed by atoms with van der Waals surface area (Å²) in [6, 6.07) is 4.61. The van der Waals surface area contributed by atoms with Crippen molar-refractivity contribution in [3.05, 3.63) is 44.6 Å². The fraction of sp³-hybridized carbons (Fsp3) is 0.500. The van der Waals surface area contributed by atoms with E-state index in [2.05, 4.69) is 15.7 Å². The van der Waals surface area contributed by atoms with Gasteiger partial charge < -0.3 is 10.6 Å². The van der Waals surface area contributed by atoms with Crippen molar-refractivity contribution < 1.29 is 9.59 Å². The van der Waals surface area contributed by atoms with Crippen LogP contribution in [0.3, 0.4) is 0 Å². The van der Waals surface area contributed by atoms with E-state index in [9.17, 15) is 19.2 Å². The number of carbonyl (C=O) groups excluding carboxylic acids is 2. The molecule has 1 atom stereocenters. The molecule has 10 nitrogen and oxygen atoms in total. The van der Waals surface area contributed by atoms with Gasteiger partial charge in [0.2, 0.25) is 11.7 Å². The lowest BCUT2D eigenvalue weighted by atomic mass is 10.1. The Balaban J connectivity index is 1.91. The summed E-state index contributed by atoms with van der Waals surface area (Å²) >= 11 is 0. The maximum absolute atomic E-state index is 13.2. The van der Waals surface area contributed by atoms with Gasteiger partial charge in [0.1, 0.15) is 6.54 Å². The molecule has 3 aromatic rings. The third kappa shape index (κ3) is 3.92. The molecule has 2 heterocycles. The van der Waals surface area contributed by atoms with Gasteiger partial charge in [-0.3, -0.25) is 19.0 Å². The number of aromatic nitrogens is 4. The van der Waals surface area contributed by atoms with Crippen molar-refractivity contribution >= 4 is 28.5 Å². The molecule has 1 aliphatic rings. The van der Waals surface area contributed by atoms with Crippen LogP contribution in [0.4, 0.5) is 0 Å². The van der Waals surface area contributed by atoms with E-state index in [1.807, 2.05) is 27.7 Å². The molecule has 1 fully saturated rings. The molecular weight excluding hydrogens is 412 g/mol. The van der Waals surface area contributed by atoms with E-state index < -0.39 is 5.69 Å². The average molecular weight is 441 g/mol. The molecule has 10 heteroatoms. The molecule has 0 bridgehead atoms. The zero-order chi connectivity index (χ0) is 23.2. The van der Waals surface area contributed by atoms with E-state index >= 15 is 0 Å². The molecule has 0 unspecified atom stereocenters. The Hall–Kier alpha value is -3.43. The van der Waals surface area contributed by atoms with Crippen LogP contribution in [0.25, 0.3) is 16.7 Å². The molecule has 2 aromatic heterocycles. The Morgan fingerprint density at radius 3 is 2.50 bits per heavy atom. The monoisotopic (exact) mass is 440 g/mol. The standard InChI is InChI=1S/C22H28N6O4/c1-5-13(4)24-19(30)14-6-9-16-17(10-14)28-21(27(20(16)31)15-7-8-15)25-26(22(28)32)11-18(29)23-12(2)3/h6,9-10,12-13,15H,5,7-8,11H2,1-4H3,(H,23,29)(H,24,30)/t13-/m0/s1. The van der Waals surface area contributed by atoms with Crippen molar-refractivity contribution in [2.24, 2.45) is 0 Å². The number of rotatable bonds is 7. The van der Waals surface area contributed by atoms with E-state index in [-0.39, 0.29) is 47.8 Å². The number of hydrogen-bond donors (Lipinski definition) is 2. The lowest BCUT2D eigenvalue weighted by Gasteiger charge is -2.13. The van der Waals surface area contributed by atoms with Gasteiger partial charge in [0, 0.05) is 23.7 Å². The molecule has 0 radical (unpaired) electrons. The van der Waals surface area contributed by atoms with Crippen molar-refractivity contribution in [2.45, 2.75) is 71.6 Å². The molecule has 1 aromatic carbocycles. The minimum Gasteiger partial charge on any atom is -0.352 e. The molecule has 32 heavy (non-hydrogen) atoms. The van der Waals surface area contributed by atoms with Crippen LogP contribution in [0.1, 0.15) is 63.4 Å². The number of carbonyl (C=O) groups is 2. The minimum absolute atomic E-state index is 0.00831. The molecule has 170 valence electrons. The summed E-state index contributed by atoms with van der Waals surface area (Å²) in [6.45, 7) is 7.27. The zero-order valence-corrected chi connectivity index (χ0v) is 18.7. The van der Waals surface area contributed by atoms with Gasteiger partial charge in [-0.15, -0.1) is 5.10 Å². The molecule has 0 saturated heterocycles. The maximum atomic E-state index is 13.2. The van der Waals surface area contributed by atoms with Crippen LogP contribution in [-0.2, 0) is 11.3 Å². The molecular formula is C22H28N6O4. The fourth-order valence-corrected chi connectivity index (χ4v) is 3.70. The number of benzene rings is 1. The lowest BCUT2D eigenvalue weighted by molar-refractivity contribution is -0.122. The van der Waals surface area contributed by atoms with Crippen LogP contribution in [0, 0.1) is 0 Å². The largest absolute Gasteiger partial charge is 0.352 e. The summed E-state index contributed by atoms with van der Waals surface area (Å²) in [4.78, 5) is 51.4. The van der Waals surface area contributed by atoms with Crippen molar-refractivity contribution in [3.8, 4) is 0 Å². The first-order chi connectivity index (χ1) is 15.2. The highest BCUT2D eigenvalue weighted by atomic mass is 16.2. The molecule has 2 N–H and O–H groups in total. The van der Waals surface area contributed by atoms with Gasteiger partial charge in [-0.05, 0) is 58.2 Å². The van der Waals surface area contributed by atoms with Gasteiger partial charge in [0.15, 0.2) is 0 Å². The predicted octanol–water partition coefficient (Wildman–Crippen LogP) is 1.20. The highest BCUT2D eigenvalue weighted by molar-refractivity contribution is 5.98. The SMILES string of the molecule is CC[C@H](C)NC(=O)c1ccc2c(=O)n(C3CC3)c3nn(CC(=O)NC(C)C)c(=O)n3c2c1. The van der Waals surface area contributed by atoms with Crippen molar-refractivity contribution in [1.82, 2.24) is 29.4 Å². The normalized spacial score (nSPS) is 14.8. The van der Waals surface area contributed by atoms with Crippen LogP contribution < -0.4 is 21.9 Å². The first-order valence-corrected chi connectivity index (χ1v) is 11.0. The Morgan fingerprint density at radius 1 is 1.16 bits per heavy atom. The van der Waals surface area contributed by atoms with Crippen molar-refractivity contribution in [3.63, 3.8) is 0 Å². The van der Waals surface area contributed by atoms with Gasteiger partial charge in [0.25, 0.3) is 11.5 Å². The summed E-state index contributed by atoms with van der Waals surface area (Å²) < 4.78 is 3.92. The number of nitrogens with one attached hydrogen (secondary N) is 2. The third-order valence-electron chi connectivity index (χ3n) is 5.63. The molecule has 0 aliphatic heterocycles. The van der Waals surface area contributed by atoms with Gasteiger partial charge in [-0.2, -0.15) is 0 Å². The second kappa shape index (κ2) is 8.25. The van der Waals surface area contributed by atoms with Crippen LogP contribution in [0.2, 0.25) is 0 Å². The highest BCUT2D eigenvalue weighted by Crippen LogP contribution is 2.35. The van der Waals surface area contributed by atoms with Crippen LogP contribution in [-0.4, -0.2) is 42.6 Å². The molecule has 4 rings (SSSR count). The van der Waals surface area contributed by atoms with E-state index in [1.54, 1.807) is 18.2 Å². The topological polar surface area (TPSA) is 120 Å². The quantitative estimate of drug-likeness (QED) is 0.572.